The third-order valence-corrected chi connectivity index (χ3v) is 8.65. The quantitative estimate of drug-likeness (QED) is 0.313. The van der Waals surface area contributed by atoms with Gasteiger partial charge in [0.15, 0.2) is 0 Å². The second-order valence-corrected chi connectivity index (χ2v) is 11.5. The van der Waals surface area contributed by atoms with Crippen molar-refractivity contribution in [2.24, 2.45) is 0 Å². The van der Waals surface area contributed by atoms with Gasteiger partial charge in [0, 0.05) is 12.5 Å². The van der Waals surface area contributed by atoms with Crippen LogP contribution in [0.4, 0.5) is 0 Å². The molecule has 0 bridgehead atoms. The third-order valence-electron chi connectivity index (χ3n) is 6.52. The van der Waals surface area contributed by atoms with E-state index in [4.69, 9.17) is 26.2 Å². The summed E-state index contributed by atoms with van der Waals surface area (Å²) in [7, 11) is 1.55. The van der Waals surface area contributed by atoms with Crippen LogP contribution >= 0.6 is 34.3 Å². The van der Waals surface area contributed by atoms with E-state index in [0.29, 0.717) is 15.9 Å². The molecule has 5 heterocycles. The zero-order valence-corrected chi connectivity index (χ0v) is 23.0. The first-order valence-electron chi connectivity index (χ1n) is 11.8. The van der Waals surface area contributed by atoms with Gasteiger partial charge < -0.3 is 19.7 Å². The van der Waals surface area contributed by atoms with Gasteiger partial charge in [-0.15, -0.1) is 27.8 Å². The first kappa shape index (κ1) is 25.5. The maximum atomic E-state index is 11.2. The Kier molecular flexibility index (Phi) is 6.76. The Morgan fingerprint density at radius 3 is 2.79 bits per heavy atom. The highest BCUT2D eigenvalue weighted by Crippen LogP contribution is 2.41. The highest BCUT2D eigenvalue weighted by molar-refractivity contribution is 7.18. The fourth-order valence-electron chi connectivity index (χ4n) is 4.88. The molecule has 5 atom stereocenters. The molecule has 0 saturated carbocycles. The lowest BCUT2D eigenvalue weighted by molar-refractivity contribution is -0.216. The number of halogens is 1. The molecule has 2 unspecified atom stereocenters. The molecule has 1 aromatic carbocycles. The number of rotatable bonds is 6. The van der Waals surface area contributed by atoms with Crippen LogP contribution in [0.3, 0.4) is 0 Å². The van der Waals surface area contributed by atoms with E-state index in [-0.39, 0.29) is 0 Å². The van der Waals surface area contributed by atoms with Gasteiger partial charge in [0.2, 0.25) is 0 Å². The number of nitrogens with zero attached hydrogens (tertiary/aromatic N) is 7. The number of fused-ring (bicyclic) bond motifs is 1. The van der Waals surface area contributed by atoms with Gasteiger partial charge in [0.05, 0.1) is 45.1 Å². The minimum Gasteiger partial charge on any atom is -0.394 e. The van der Waals surface area contributed by atoms with E-state index < -0.39 is 37.1 Å². The second kappa shape index (κ2) is 10.1. The minimum absolute atomic E-state index is 0.371. The summed E-state index contributed by atoms with van der Waals surface area (Å²) in [6.45, 7) is 3.48. The second-order valence-electron chi connectivity index (χ2n) is 9.03. The van der Waals surface area contributed by atoms with Crippen LogP contribution in [0.15, 0.2) is 35.8 Å². The molecular weight excluding hydrogens is 550 g/mol. The van der Waals surface area contributed by atoms with E-state index in [9.17, 15) is 10.2 Å². The number of hydrogen-bond donors (Lipinski definition) is 2. The average molecular weight is 574 g/mol. The van der Waals surface area contributed by atoms with Crippen molar-refractivity contribution in [1.82, 2.24) is 34.7 Å². The van der Waals surface area contributed by atoms with Gasteiger partial charge in [-0.25, -0.2) is 19.3 Å². The zero-order valence-electron chi connectivity index (χ0n) is 20.6. The smallest absolute Gasteiger partial charge is 0.147 e. The molecule has 4 aromatic heterocycles. The number of ether oxygens (including phenoxy) is 2. The van der Waals surface area contributed by atoms with E-state index in [1.165, 1.54) is 11.3 Å². The fraction of sp³-hybridized carbons (Fsp3) is 0.375. The summed E-state index contributed by atoms with van der Waals surface area (Å²) < 4.78 is 16.6. The lowest BCUT2D eigenvalue weighted by Gasteiger charge is -2.43. The Labute approximate surface area is 230 Å². The largest absolute Gasteiger partial charge is 0.394 e. The van der Waals surface area contributed by atoms with Crippen molar-refractivity contribution < 1.29 is 19.7 Å². The highest BCUT2D eigenvalue weighted by Gasteiger charge is 2.48. The Bertz CT molecular complexity index is 1600. The number of aromatic nitrogens is 7. The highest BCUT2D eigenvalue weighted by atomic mass is 35.5. The lowest BCUT2D eigenvalue weighted by atomic mass is 9.90. The summed E-state index contributed by atoms with van der Waals surface area (Å²) in [5.74, 6) is 0. The van der Waals surface area contributed by atoms with E-state index >= 15 is 0 Å². The number of methoxy groups -OCH3 is 1. The van der Waals surface area contributed by atoms with E-state index in [1.807, 2.05) is 42.8 Å². The summed E-state index contributed by atoms with van der Waals surface area (Å²) in [5.41, 5.74) is 3.79. The van der Waals surface area contributed by atoms with Crippen molar-refractivity contribution in [2.75, 3.05) is 13.7 Å². The molecule has 38 heavy (non-hydrogen) atoms. The number of aliphatic hydroxyl groups excluding tert-OH is 2. The minimum atomic E-state index is -1.12. The van der Waals surface area contributed by atoms with Gasteiger partial charge in [-0.2, -0.15) is 5.10 Å². The van der Waals surface area contributed by atoms with Gasteiger partial charge in [0.25, 0.3) is 0 Å². The van der Waals surface area contributed by atoms with Crippen molar-refractivity contribution in [1.29, 1.82) is 0 Å². The van der Waals surface area contributed by atoms with Gasteiger partial charge >= 0.3 is 0 Å². The van der Waals surface area contributed by atoms with Crippen molar-refractivity contribution in [3.8, 4) is 16.4 Å². The van der Waals surface area contributed by atoms with Gasteiger partial charge in [-0.3, -0.25) is 0 Å². The molecule has 0 amide bonds. The van der Waals surface area contributed by atoms with Crippen molar-refractivity contribution in [3.63, 3.8) is 0 Å². The van der Waals surface area contributed by atoms with E-state index in [1.54, 1.807) is 34.7 Å². The lowest BCUT2D eigenvalue weighted by Crippen LogP contribution is -2.53. The Morgan fingerprint density at radius 2 is 2.05 bits per heavy atom. The molecular formula is C24H24ClN7O4S2. The Morgan fingerprint density at radius 1 is 1.21 bits per heavy atom. The van der Waals surface area contributed by atoms with Crippen molar-refractivity contribution >= 4 is 44.5 Å². The van der Waals surface area contributed by atoms with Crippen LogP contribution in [0.5, 0.6) is 0 Å². The molecule has 14 heteroatoms. The fourth-order valence-corrected chi connectivity index (χ4v) is 6.64. The monoisotopic (exact) mass is 573 g/mol. The van der Waals surface area contributed by atoms with Crippen LogP contribution in [0.2, 0.25) is 5.15 Å². The number of hydrogen-bond acceptors (Lipinski definition) is 11. The topological polar surface area (TPSA) is 133 Å². The average Bonchev–Trinajstić information content (AvgIpc) is 3.69. The molecule has 1 saturated heterocycles. The SMILES string of the molecule is COC1[C@@H](n2cc(-c3nc(Cl)cs3)nn2)[C@@H](O)C(CO)O[C@H]1c1cc(C)nn1-c1ccc2nc(C)sc2c1. The van der Waals surface area contributed by atoms with Gasteiger partial charge in [-0.05, 0) is 38.1 Å². The van der Waals surface area contributed by atoms with Crippen LogP contribution in [0, 0.1) is 13.8 Å². The molecule has 1 aliphatic rings. The third kappa shape index (κ3) is 4.43. The molecule has 5 aromatic rings. The molecule has 198 valence electrons. The Hall–Kier alpha value is -2.78. The van der Waals surface area contributed by atoms with Crippen LogP contribution in [-0.4, -0.2) is 77.0 Å². The molecule has 0 aliphatic carbocycles. The Balaban J connectivity index is 1.42. The molecule has 2 N–H and O–H groups in total. The van der Waals surface area contributed by atoms with Crippen LogP contribution in [-0.2, 0) is 9.47 Å². The normalized spacial score (nSPS) is 23.9. The van der Waals surface area contributed by atoms with Crippen LogP contribution < -0.4 is 0 Å². The maximum absolute atomic E-state index is 11.2. The molecule has 0 radical (unpaired) electrons. The van der Waals surface area contributed by atoms with Crippen LogP contribution in [0.1, 0.15) is 28.5 Å². The number of thiazole rings is 2. The van der Waals surface area contributed by atoms with Gasteiger partial charge in [-0.1, -0.05) is 16.8 Å². The molecule has 11 nitrogen and oxygen atoms in total. The molecule has 1 aliphatic heterocycles. The van der Waals surface area contributed by atoms with Crippen molar-refractivity contribution in [3.05, 3.63) is 57.4 Å². The summed E-state index contributed by atoms with van der Waals surface area (Å²) in [5, 5.41) is 38.3. The number of benzene rings is 1. The van der Waals surface area contributed by atoms with Gasteiger partial charge in [0.1, 0.15) is 46.3 Å². The summed E-state index contributed by atoms with van der Waals surface area (Å²) in [6, 6.07) is 7.17. The van der Waals surface area contributed by atoms with E-state index in [0.717, 1.165) is 32.3 Å². The maximum Gasteiger partial charge on any atom is 0.147 e. The van der Waals surface area contributed by atoms with Crippen LogP contribution in [0.25, 0.3) is 26.6 Å². The summed E-state index contributed by atoms with van der Waals surface area (Å²) >= 11 is 8.95. The predicted molar refractivity (Wildman–Crippen MR) is 143 cm³/mol. The summed E-state index contributed by atoms with van der Waals surface area (Å²) in [4.78, 5) is 8.81. The first-order valence-corrected chi connectivity index (χ1v) is 13.9. The van der Waals surface area contributed by atoms with E-state index in [2.05, 4.69) is 20.3 Å². The first-order chi connectivity index (χ1) is 18.4. The predicted octanol–water partition coefficient (Wildman–Crippen LogP) is 3.52. The molecule has 1 fully saturated rings. The number of aryl methyl sites for hydroxylation is 2. The molecule has 0 spiro atoms. The number of aliphatic hydroxyl groups is 2. The zero-order chi connectivity index (χ0) is 26.6. The van der Waals surface area contributed by atoms with Crippen molar-refractivity contribution in [2.45, 2.75) is 44.3 Å². The molecule has 6 rings (SSSR count). The summed E-state index contributed by atoms with van der Waals surface area (Å²) in [6.07, 6.45) is -1.70. The standard InChI is InChI=1S/C24H24ClN7O4S2/c1-11-6-16(32(29-11)13-4-5-14-18(7-13)38-12(2)26-14)22-23(35-3)20(21(34)17(9-33)36-22)31-8-15(28-30-31)24-27-19(25)10-37-24/h4-8,10,17,20-23,33-34H,9H2,1-3H3/t17?,20-,21-,22-,23?/m0/s1.